The van der Waals surface area contributed by atoms with E-state index in [4.69, 9.17) is 4.74 Å². The molecule has 0 saturated heterocycles. The first-order valence-corrected chi connectivity index (χ1v) is 12.5. The number of aliphatic hydroxyl groups is 1. The predicted molar refractivity (Wildman–Crippen MR) is 140 cm³/mol. The molecule has 3 aromatic rings. The smallest absolute Gasteiger partial charge is 0.242 e. The van der Waals surface area contributed by atoms with E-state index in [1.807, 2.05) is 88.4 Å². The van der Waals surface area contributed by atoms with Crippen molar-refractivity contribution in [2.24, 2.45) is 11.8 Å². The van der Waals surface area contributed by atoms with Crippen LogP contribution in [0.5, 0.6) is 5.75 Å². The van der Waals surface area contributed by atoms with Crippen molar-refractivity contribution in [3.63, 3.8) is 0 Å². The average molecular weight is 493 g/mol. The molecule has 3 atom stereocenters. The van der Waals surface area contributed by atoms with Crippen LogP contribution in [0.2, 0.25) is 0 Å². The van der Waals surface area contributed by atoms with Crippen LogP contribution in [0, 0.1) is 11.8 Å². The molecular weight excluding hydrogens is 456 g/mol. The van der Waals surface area contributed by atoms with Crippen LogP contribution in [0.1, 0.15) is 52.2 Å². The van der Waals surface area contributed by atoms with Crippen molar-refractivity contribution in [1.29, 1.82) is 0 Å². The molecule has 0 fully saturated rings. The van der Waals surface area contributed by atoms with E-state index < -0.39 is 18.2 Å². The summed E-state index contributed by atoms with van der Waals surface area (Å²) in [5, 5.41) is 16.8. The molecule has 2 amide bonds. The minimum atomic E-state index is -1.13. The third-order valence-electron chi connectivity index (χ3n) is 6.10. The molecule has 7 nitrogen and oxygen atoms in total. The normalized spacial score (nSPS) is 14.0. The van der Waals surface area contributed by atoms with Crippen LogP contribution in [-0.2, 0) is 9.59 Å². The number of ether oxygens (including phenoxy) is 1. The van der Waals surface area contributed by atoms with E-state index in [2.05, 4.69) is 10.6 Å². The van der Waals surface area contributed by atoms with Crippen LogP contribution in [0.15, 0.2) is 65.5 Å². The van der Waals surface area contributed by atoms with Gasteiger partial charge < -0.3 is 20.5 Å². The summed E-state index contributed by atoms with van der Waals surface area (Å²) in [4.78, 5) is 38.3. The Labute approximate surface area is 212 Å². The lowest BCUT2D eigenvalue weighted by atomic mass is 9.95. The first kappa shape index (κ1) is 27.1. The molecule has 3 N–H and O–H groups in total. The minimum Gasteiger partial charge on any atom is -0.493 e. The maximum Gasteiger partial charge on any atom is 0.242 e. The summed E-state index contributed by atoms with van der Waals surface area (Å²) in [7, 11) is 0. The van der Waals surface area contributed by atoms with Crippen molar-refractivity contribution < 1.29 is 19.4 Å². The van der Waals surface area contributed by atoms with E-state index in [0.717, 1.165) is 5.56 Å². The van der Waals surface area contributed by atoms with E-state index >= 15 is 0 Å². The van der Waals surface area contributed by atoms with Crippen LogP contribution >= 0.6 is 0 Å². The Balaban J connectivity index is 1.63. The highest BCUT2D eigenvalue weighted by atomic mass is 16.5. The minimum absolute atomic E-state index is 0.106. The second-order valence-electron chi connectivity index (χ2n) is 9.87. The highest BCUT2D eigenvalue weighted by Crippen LogP contribution is 2.33. The number of hydrogen-bond donors (Lipinski definition) is 3. The summed E-state index contributed by atoms with van der Waals surface area (Å²) < 4.78 is 5.59. The van der Waals surface area contributed by atoms with E-state index in [9.17, 15) is 19.5 Å². The zero-order valence-electron chi connectivity index (χ0n) is 21.4. The van der Waals surface area contributed by atoms with Crippen LogP contribution in [-0.4, -0.2) is 35.6 Å². The van der Waals surface area contributed by atoms with Crippen LogP contribution in [0.25, 0.3) is 11.1 Å². The SMILES string of the molecule is CC(C)C[C@H](NC(=O)CCOc1ccccc1)C(=O)N[C@@H](C(C)C)[C@@H](O)c1c(-c2ccccc2)c1=O. The third-order valence-corrected chi connectivity index (χ3v) is 6.10. The van der Waals surface area contributed by atoms with Crippen molar-refractivity contribution in [2.45, 2.75) is 58.7 Å². The zero-order chi connectivity index (χ0) is 26.2. The Hall–Kier alpha value is -3.45. The maximum absolute atomic E-state index is 13.2. The van der Waals surface area contributed by atoms with E-state index in [-0.39, 0.29) is 42.1 Å². The molecule has 0 aliphatic heterocycles. The van der Waals surface area contributed by atoms with Gasteiger partial charge in [-0.3, -0.25) is 14.4 Å². The predicted octanol–water partition coefficient (Wildman–Crippen LogP) is 3.76. The van der Waals surface area contributed by atoms with E-state index in [1.165, 1.54) is 0 Å². The van der Waals surface area contributed by atoms with E-state index in [0.29, 0.717) is 23.3 Å². The molecule has 0 radical (unpaired) electrons. The summed E-state index contributed by atoms with van der Waals surface area (Å²) in [6.07, 6.45) is -0.588. The number of carbonyl (C=O) groups excluding carboxylic acids is 2. The Morgan fingerprint density at radius 1 is 0.917 bits per heavy atom. The standard InChI is InChI=1S/C29H36N2O5/c1-18(2)17-22(30-23(32)15-16-36-21-13-9-6-10-14-21)29(35)31-26(19(3)4)28(34)25-24(27(25)33)20-11-7-5-8-12-20/h5-14,18-19,22,26,28,34H,15-17H2,1-4H3,(H,30,32)(H,31,35)/t22-,26-,28-/m0/s1. The monoisotopic (exact) mass is 492 g/mol. The number of para-hydroxylation sites is 1. The lowest BCUT2D eigenvalue weighted by Gasteiger charge is -2.29. The number of amides is 2. The highest BCUT2D eigenvalue weighted by Gasteiger charge is 2.37. The van der Waals surface area contributed by atoms with Crippen LogP contribution in [0.3, 0.4) is 0 Å². The van der Waals surface area contributed by atoms with Crippen molar-refractivity contribution in [3.05, 3.63) is 76.5 Å². The lowest BCUT2D eigenvalue weighted by Crippen LogP contribution is -2.52. The molecule has 0 bridgehead atoms. The third kappa shape index (κ3) is 7.28. The fourth-order valence-electron chi connectivity index (χ4n) is 4.16. The largest absolute Gasteiger partial charge is 0.493 e. The summed E-state index contributed by atoms with van der Waals surface area (Å²) >= 11 is 0. The van der Waals surface area contributed by atoms with Gasteiger partial charge in [0.15, 0.2) is 5.43 Å². The molecular formula is C29H36N2O5. The van der Waals surface area contributed by atoms with Gasteiger partial charge in [-0.25, -0.2) is 0 Å². The fraction of sp³-hybridized carbons (Fsp3) is 0.414. The summed E-state index contributed by atoms with van der Waals surface area (Å²) in [6, 6.07) is 17.0. The summed E-state index contributed by atoms with van der Waals surface area (Å²) in [5.41, 5.74) is 1.42. The molecule has 0 unspecified atom stereocenters. The molecule has 192 valence electrons. The number of benzene rings is 2. The lowest BCUT2D eigenvalue weighted by molar-refractivity contribution is -0.130. The van der Waals surface area contributed by atoms with Crippen molar-refractivity contribution in [3.8, 4) is 16.9 Å². The molecule has 0 aromatic heterocycles. The molecule has 36 heavy (non-hydrogen) atoms. The maximum atomic E-state index is 13.2. The number of hydrogen-bond acceptors (Lipinski definition) is 5. The van der Waals surface area contributed by atoms with Gasteiger partial charge in [0.05, 0.1) is 19.1 Å². The van der Waals surface area contributed by atoms with Crippen molar-refractivity contribution in [2.75, 3.05) is 6.61 Å². The van der Waals surface area contributed by atoms with Gasteiger partial charge >= 0.3 is 0 Å². The molecule has 3 aromatic carbocycles. The fourth-order valence-corrected chi connectivity index (χ4v) is 4.16. The molecule has 3 rings (SSSR count). The number of nitrogens with one attached hydrogen (secondary N) is 2. The van der Waals surface area contributed by atoms with Gasteiger partial charge in [0, 0.05) is 11.1 Å². The van der Waals surface area contributed by atoms with Gasteiger partial charge in [0.2, 0.25) is 11.8 Å². The second kappa shape index (κ2) is 12.5. The van der Waals surface area contributed by atoms with Crippen LogP contribution in [0.4, 0.5) is 0 Å². The quantitative estimate of drug-likeness (QED) is 0.337. The molecule has 7 heteroatoms. The van der Waals surface area contributed by atoms with Gasteiger partial charge in [-0.15, -0.1) is 0 Å². The van der Waals surface area contributed by atoms with Gasteiger partial charge in [-0.2, -0.15) is 0 Å². The van der Waals surface area contributed by atoms with Gasteiger partial charge in [-0.1, -0.05) is 76.2 Å². The van der Waals surface area contributed by atoms with Crippen molar-refractivity contribution >= 4 is 11.8 Å². The highest BCUT2D eigenvalue weighted by molar-refractivity contribution is 5.88. The average Bonchev–Trinajstić information content (AvgIpc) is 3.53. The molecule has 0 spiro atoms. The van der Waals surface area contributed by atoms with Gasteiger partial charge in [0.25, 0.3) is 0 Å². The molecule has 0 saturated carbocycles. The van der Waals surface area contributed by atoms with Gasteiger partial charge in [-0.05, 0) is 36.0 Å². The molecule has 0 aliphatic rings. The molecule has 0 aliphatic carbocycles. The number of carbonyl (C=O) groups is 2. The topological polar surface area (TPSA) is 105 Å². The van der Waals surface area contributed by atoms with Gasteiger partial charge in [0.1, 0.15) is 17.9 Å². The first-order chi connectivity index (χ1) is 17.2. The number of aliphatic hydroxyl groups excluding tert-OH is 1. The first-order valence-electron chi connectivity index (χ1n) is 12.5. The zero-order valence-corrected chi connectivity index (χ0v) is 21.4. The summed E-state index contributed by atoms with van der Waals surface area (Å²) in [5.74, 6) is 0.0147. The number of rotatable bonds is 13. The molecule has 0 heterocycles. The second-order valence-corrected chi connectivity index (χ2v) is 9.87. The Kier molecular flexibility index (Phi) is 9.42. The van der Waals surface area contributed by atoms with Crippen LogP contribution < -0.4 is 20.8 Å². The Morgan fingerprint density at radius 3 is 2.11 bits per heavy atom. The Morgan fingerprint density at radius 2 is 1.53 bits per heavy atom. The van der Waals surface area contributed by atoms with Crippen molar-refractivity contribution in [1.82, 2.24) is 10.6 Å². The Bertz CT molecular complexity index is 1130. The van der Waals surface area contributed by atoms with E-state index in [1.54, 1.807) is 0 Å². The summed E-state index contributed by atoms with van der Waals surface area (Å²) in [6.45, 7) is 7.89.